The van der Waals surface area contributed by atoms with Gasteiger partial charge in [-0.15, -0.1) is 0 Å². The fourth-order valence-corrected chi connectivity index (χ4v) is 4.38. The van der Waals surface area contributed by atoms with Crippen LogP contribution in [0.1, 0.15) is 18.1 Å². The molecule has 0 bridgehead atoms. The molecule has 11 heteroatoms. The predicted octanol–water partition coefficient (Wildman–Crippen LogP) is 5.08. The molecule has 1 saturated heterocycles. The number of rotatable bonds is 9. The average Bonchev–Trinajstić information content (AvgIpc) is 3.13. The van der Waals surface area contributed by atoms with E-state index < -0.39 is 29.5 Å². The Morgan fingerprint density at radius 3 is 2.34 bits per heavy atom. The molecule has 1 aliphatic heterocycles. The fourth-order valence-electron chi connectivity index (χ4n) is 3.60. The smallest absolute Gasteiger partial charge is 0.329 e. The van der Waals surface area contributed by atoms with Crippen molar-refractivity contribution in [1.82, 2.24) is 10.2 Å². The van der Waals surface area contributed by atoms with Crippen LogP contribution in [0.25, 0.3) is 6.08 Å². The van der Waals surface area contributed by atoms with E-state index in [1.165, 1.54) is 54.6 Å². The van der Waals surface area contributed by atoms with Gasteiger partial charge in [-0.3, -0.25) is 14.5 Å². The van der Waals surface area contributed by atoms with Crippen LogP contribution in [-0.4, -0.2) is 36.0 Å². The number of urea groups is 1. The molecular weight excluding hydrogens is 611 g/mol. The highest BCUT2D eigenvalue weighted by atomic mass is 127. The first-order valence-corrected chi connectivity index (χ1v) is 12.5. The number of ether oxygens (including phenoxy) is 2. The van der Waals surface area contributed by atoms with E-state index in [0.717, 1.165) is 4.90 Å². The van der Waals surface area contributed by atoms with Crippen LogP contribution in [0.4, 0.5) is 19.3 Å². The molecular formula is C27H22F2IN3O5. The SMILES string of the molecule is CCOc1cc(/C=C2/NC(=O)N(Cc3ccc(F)cc3)C2=O)cc(I)c1OCC(=O)Nc1ccc(F)cc1. The molecule has 0 aromatic heterocycles. The standard InChI is InChI=1S/C27H22F2IN3O5/c1-2-37-23-13-17(11-21(30)25(23)38-15-24(34)31-20-9-7-19(29)8-10-20)12-22-26(35)33(27(36)32-22)14-16-3-5-18(28)6-4-16/h3-13H,2,14-15H2,1H3,(H,31,34)(H,32,36)/b22-12+. The summed E-state index contributed by atoms with van der Waals surface area (Å²) in [4.78, 5) is 38.6. The topological polar surface area (TPSA) is 97.0 Å². The molecule has 4 amide bonds. The lowest BCUT2D eigenvalue weighted by atomic mass is 10.1. The lowest BCUT2D eigenvalue weighted by Crippen LogP contribution is -2.30. The van der Waals surface area contributed by atoms with Crippen molar-refractivity contribution in [1.29, 1.82) is 0 Å². The van der Waals surface area contributed by atoms with Crippen molar-refractivity contribution in [2.75, 3.05) is 18.5 Å². The summed E-state index contributed by atoms with van der Waals surface area (Å²) in [5, 5.41) is 5.18. The minimum atomic E-state index is -0.586. The molecule has 4 rings (SSSR count). The van der Waals surface area contributed by atoms with E-state index in [1.54, 1.807) is 19.1 Å². The number of hydrogen-bond donors (Lipinski definition) is 2. The third kappa shape index (κ3) is 6.65. The molecule has 0 atom stereocenters. The van der Waals surface area contributed by atoms with Gasteiger partial charge in [-0.05, 0) is 95.2 Å². The highest BCUT2D eigenvalue weighted by Crippen LogP contribution is 2.35. The lowest BCUT2D eigenvalue weighted by molar-refractivity contribution is -0.123. The van der Waals surface area contributed by atoms with Crippen molar-refractivity contribution in [2.24, 2.45) is 0 Å². The van der Waals surface area contributed by atoms with E-state index in [-0.39, 0.29) is 18.8 Å². The quantitative estimate of drug-likeness (QED) is 0.195. The van der Waals surface area contributed by atoms with Crippen molar-refractivity contribution in [3.8, 4) is 11.5 Å². The van der Waals surface area contributed by atoms with Crippen LogP contribution in [0.3, 0.4) is 0 Å². The van der Waals surface area contributed by atoms with Gasteiger partial charge in [-0.1, -0.05) is 12.1 Å². The molecule has 0 radical (unpaired) electrons. The molecule has 3 aromatic carbocycles. The number of benzene rings is 3. The van der Waals surface area contributed by atoms with Gasteiger partial charge in [-0.25, -0.2) is 13.6 Å². The molecule has 196 valence electrons. The second-order valence-electron chi connectivity index (χ2n) is 8.11. The summed E-state index contributed by atoms with van der Waals surface area (Å²) in [5.74, 6) is -1.10. The number of imide groups is 1. The molecule has 3 aromatic rings. The first-order chi connectivity index (χ1) is 18.2. The van der Waals surface area contributed by atoms with Crippen LogP contribution < -0.4 is 20.1 Å². The minimum Gasteiger partial charge on any atom is -0.490 e. The number of carbonyl (C=O) groups is 3. The molecule has 1 aliphatic rings. The molecule has 8 nitrogen and oxygen atoms in total. The summed E-state index contributed by atoms with van der Waals surface area (Å²) in [6, 6.07) is 13.6. The number of hydrogen-bond acceptors (Lipinski definition) is 5. The third-order valence-corrected chi connectivity index (χ3v) is 6.14. The number of halogens is 3. The Kier molecular flexibility index (Phi) is 8.56. The zero-order valence-electron chi connectivity index (χ0n) is 20.1. The van der Waals surface area contributed by atoms with Crippen LogP contribution >= 0.6 is 22.6 Å². The van der Waals surface area contributed by atoms with Crippen molar-refractivity contribution < 1.29 is 32.6 Å². The summed E-state index contributed by atoms with van der Waals surface area (Å²) in [6.07, 6.45) is 1.51. The lowest BCUT2D eigenvalue weighted by Gasteiger charge is -2.15. The number of nitrogens with one attached hydrogen (secondary N) is 2. The van der Waals surface area contributed by atoms with Crippen LogP contribution in [-0.2, 0) is 16.1 Å². The third-order valence-electron chi connectivity index (χ3n) is 5.33. The first-order valence-electron chi connectivity index (χ1n) is 11.5. The molecule has 2 N–H and O–H groups in total. The molecule has 1 heterocycles. The molecule has 38 heavy (non-hydrogen) atoms. The van der Waals surface area contributed by atoms with Gasteiger partial charge in [0, 0.05) is 5.69 Å². The Labute approximate surface area is 230 Å². The van der Waals surface area contributed by atoms with E-state index in [0.29, 0.717) is 38.5 Å². The number of nitrogens with zero attached hydrogens (tertiary/aromatic N) is 1. The Morgan fingerprint density at radius 1 is 1.03 bits per heavy atom. The van der Waals surface area contributed by atoms with E-state index in [2.05, 4.69) is 10.6 Å². The van der Waals surface area contributed by atoms with E-state index >= 15 is 0 Å². The summed E-state index contributed by atoms with van der Waals surface area (Å²) in [7, 11) is 0. The van der Waals surface area contributed by atoms with Gasteiger partial charge in [0.05, 0.1) is 16.7 Å². The fraction of sp³-hybridized carbons (Fsp3) is 0.148. The maximum atomic E-state index is 13.2. The van der Waals surface area contributed by atoms with Gasteiger partial charge >= 0.3 is 6.03 Å². The molecule has 0 aliphatic carbocycles. The molecule has 0 saturated carbocycles. The number of anilines is 1. The van der Waals surface area contributed by atoms with Crippen molar-refractivity contribution >= 4 is 52.2 Å². The highest BCUT2D eigenvalue weighted by molar-refractivity contribution is 14.1. The molecule has 0 unspecified atom stereocenters. The predicted molar refractivity (Wildman–Crippen MR) is 144 cm³/mol. The van der Waals surface area contributed by atoms with Gasteiger partial charge in [0.15, 0.2) is 18.1 Å². The van der Waals surface area contributed by atoms with Crippen LogP contribution in [0.5, 0.6) is 11.5 Å². The summed E-state index contributed by atoms with van der Waals surface area (Å²) in [6.45, 7) is 1.78. The van der Waals surface area contributed by atoms with Gasteiger partial charge in [0.1, 0.15) is 17.3 Å². The van der Waals surface area contributed by atoms with Crippen LogP contribution in [0, 0.1) is 15.2 Å². The maximum Gasteiger partial charge on any atom is 0.329 e. The van der Waals surface area contributed by atoms with Crippen molar-refractivity contribution in [3.05, 3.63) is 92.7 Å². The van der Waals surface area contributed by atoms with Gasteiger partial charge in [0.25, 0.3) is 11.8 Å². The Balaban J connectivity index is 1.48. The highest BCUT2D eigenvalue weighted by Gasteiger charge is 2.33. The second kappa shape index (κ2) is 12.0. The zero-order valence-corrected chi connectivity index (χ0v) is 22.3. The van der Waals surface area contributed by atoms with Gasteiger partial charge in [-0.2, -0.15) is 0 Å². The zero-order chi connectivity index (χ0) is 27.2. The van der Waals surface area contributed by atoms with Crippen molar-refractivity contribution in [2.45, 2.75) is 13.5 Å². The van der Waals surface area contributed by atoms with Crippen molar-refractivity contribution in [3.63, 3.8) is 0 Å². The van der Waals surface area contributed by atoms with Crippen LogP contribution in [0.2, 0.25) is 0 Å². The number of amides is 4. The largest absolute Gasteiger partial charge is 0.490 e. The van der Waals surface area contributed by atoms with E-state index in [9.17, 15) is 23.2 Å². The Morgan fingerprint density at radius 2 is 1.68 bits per heavy atom. The second-order valence-corrected chi connectivity index (χ2v) is 9.27. The molecule has 0 spiro atoms. The summed E-state index contributed by atoms with van der Waals surface area (Å²) >= 11 is 2.02. The molecule has 1 fully saturated rings. The van der Waals surface area contributed by atoms with Gasteiger partial charge < -0.3 is 20.1 Å². The number of carbonyl (C=O) groups excluding carboxylic acids is 3. The van der Waals surface area contributed by atoms with E-state index in [1.807, 2.05) is 22.6 Å². The summed E-state index contributed by atoms with van der Waals surface area (Å²) in [5.41, 5.74) is 1.67. The van der Waals surface area contributed by atoms with Crippen LogP contribution in [0.15, 0.2) is 66.4 Å². The average molecular weight is 633 g/mol. The normalized spacial score (nSPS) is 14.0. The Bertz CT molecular complexity index is 1400. The Hall–Kier alpha value is -4.00. The minimum absolute atomic E-state index is 0.00319. The first kappa shape index (κ1) is 27.0. The summed E-state index contributed by atoms with van der Waals surface area (Å²) < 4.78 is 38.3. The maximum absolute atomic E-state index is 13.2. The van der Waals surface area contributed by atoms with Gasteiger partial charge in [0.2, 0.25) is 0 Å². The monoisotopic (exact) mass is 633 g/mol. The van der Waals surface area contributed by atoms with E-state index in [4.69, 9.17) is 9.47 Å².